The molecule has 0 heterocycles. The summed E-state index contributed by atoms with van der Waals surface area (Å²) in [6.45, 7) is 4.93. The molecule has 2 rings (SSSR count). The second-order valence-corrected chi connectivity index (χ2v) is 4.93. The van der Waals surface area contributed by atoms with Crippen molar-refractivity contribution in [3.63, 3.8) is 0 Å². The minimum Gasteiger partial charge on any atom is -0.380 e. The normalized spacial score (nSPS) is 36.6. The molecule has 2 bridgehead atoms. The fourth-order valence-corrected chi connectivity index (χ4v) is 3.14. The zero-order valence-corrected chi connectivity index (χ0v) is 10.1. The van der Waals surface area contributed by atoms with Crippen molar-refractivity contribution in [3.05, 3.63) is 0 Å². The average Bonchev–Trinajstić information content (AvgIpc) is 2.80. The molecule has 16 heavy (non-hydrogen) atoms. The molecule has 2 saturated carbocycles. The number of hydrogen-bond acceptors (Lipinski definition) is 1. The summed E-state index contributed by atoms with van der Waals surface area (Å²) in [5.41, 5.74) is -2.48. The molecule has 2 aliphatic carbocycles. The van der Waals surface area contributed by atoms with E-state index in [9.17, 15) is 18.3 Å². The first-order chi connectivity index (χ1) is 7.32. The van der Waals surface area contributed by atoms with E-state index in [2.05, 4.69) is 0 Å². The molecule has 0 amide bonds. The Bertz CT molecular complexity index is 235. The summed E-state index contributed by atoms with van der Waals surface area (Å²) in [5, 5.41) is 9.55. The molecule has 0 aromatic carbocycles. The van der Waals surface area contributed by atoms with Crippen LogP contribution in [0.4, 0.5) is 13.2 Å². The molecule has 0 aliphatic heterocycles. The lowest BCUT2D eigenvalue weighted by Crippen LogP contribution is -2.50. The molecule has 2 aliphatic rings. The zero-order chi connectivity index (χ0) is 12.6. The highest BCUT2D eigenvalue weighted by Gasteiger charge is 2.59. The number of aliphatic hydroxyl groups is 1. The summed E-state index contributed by atoms with van der Waals surface area (Å²) < 4.78 is 37.7. The van der Waals surface area contributed by atoms with Crippen LogP contribution in [0, 0.1) is 17.8 Å². The van der Waals surface area contributed by atoms with Gasteiger partial charge in [0.2, 0.25) is 0 Å². The van der Waals surface area contributed by atoms with E-state index in [-0.39, 0.29) is 5.92 Å². The monoisotopic (exact) mass is 238 g/mol. The third-order valence-electron chi connectivity index (χ3n) is 4.03. The van der Waals surface area contributed by atoms with E-state index in [1.165, 1.54) is 0 Å². The van der Waals surface area contributed by atoms with Gasteiger partial charge in [-0.3, -0.25) is 0 Å². The molecule has 96 valence electrons. The van der Waals surface area contributed by atoms with Gasteiger partial charge in [-0.25, -0.2) is 0 Å². The Morgan fingerprint density at radius 2 is 1.62 bits per heavy atom. The summed E-state index contributed by atoms with van der Waals surface area (Å²) in [5.74, 6) is -0.0447. The van der Waals surface area contributed by atoms with Gasteiger partial charge in [0.05, 0.1) is 0 Å². The van der Waals surface area contributed by atoms with Gasteiger partial charge in [0.25, 0.3) is 0 Å². The Morgan fingerprint density at radius 3 is 1.94 bits per heavy atom. The van der Waals surface area contributed by atoms with Crippen LogP contribution in [0.1, 0.15) is 46.5 Å². The van der Waals surface area contributed by atoms with Crippen molar-refractivity contribution in [2.24, 2.45) is 17.8 Å². The van der Waals surface area contributed by atoms with Gasteiger partial charge in [0, 0.05) is 0 Å². The summed E-state index contributed by atoms with van der Waals surface area (Å²) in [7, 11) is 0. The molecule has 1 N–H and O–H groups in total. The van der Waals surface area contributed by atoms with Crippen molar-refractivity contribution >= 4 is 0 Å². The van der Waals surface area contributed by atoms with Gasteiger partial charge in [0.1, 0.15) is 0 Å². The molecule has 2 fully saturated rings. The van der Waals surface area contributed by atoms with E-state index >= 15 is 0 Å². The van der Waals surface area contributed by atoms with Gasteiger partial charge in [-0.2, -0.15) is 13.2 Å². The highest BCUT2D eigenvalue weighted by molar-refractivity contribution is 5.01. The number of halogens is 3. The molecule has 0 saturated heterocycles. The Morgan fingerprint density at radius 1 is 1.06 bits per heavy atom. The first kappa shape index (κ1) is 13.8. The fourth-order valence-electron chi connectivity index (χ4n) is 3.14. The van der Waals surface area contributed by atoms with E-state index in [1.54, 1.807) is 0 Å². The number of hydrogen-bond donors (Lipinski definition) is 1. The van der Waals surface area contributed by atoms with Gasteiger partial charge < -0.3 is 5.11 Å². The minimum atomic E-state index is -4.48. The SMILES string of the molecule is CC.CC(O)(C1CC2CCC1C2)C(F)(F)F. The predicted molar refractivity (Wildman–Crippen MR) is 57.0 cm³/mol. The molecule has 4 atom stereocenters. The van der Waals surface area contributed by atoms with Crippen molar-refractivity contribution in [2.45, 2.75) is 58.2 Å². The molecule has 1 nitrogen and oxygen atoms in total. The van der Waals surface area contributed by atoms with E-state index in [4.69, 9.17) is 0 Å². The molecule has 0 aromatic rings. The van der Waals surface area contributed by atoms with E-state index in [1.807, 2.05) is 13.8 Å². The van der Waals surface area contributed by atoms with Crippen molar-refractivity contribution < 1.29 is 18.3 Å². The van der Waals surface area contributed by atoms with Crippen LogP contribution in [0.2, 0.25) is 0 Å². The zero-order valence-electron chi connectivity index (χ0n) is 10.1. The van der Waals surface area contributed by atoms with Gasteiger partial charge in [-0.1, -0.05) is 20.3 Å². The van der Waals surface area contributed by atoms with Crippen LogP contribution in [0.5, 0.6) is 0 Å². The highest BCUT2D eigenvalue weighted by Crippen LogP contribution is 2.55. The highest BCUT2D eigenvalue weighted by atomic mass is 19.4. The summed E-state index contributed by atoms with van der Waals surface area (Å²) >= 11 is 0. The Labute approximate surface area is 95.0 Å². The Balaban J connectivity index is 0.000000606. The second kappa shape index (κ2) is 4.55. The maximum absolute atomic E-state index is 12.6. The fraction of sp³-hybridized carbons (Fsp3) is 1.00. The maximum Gasteiger partial charge on any atom is 0.417 e. The van der Waals surface area contributed by atoms with E-state index in [0.717, 1.165) is 26.2 Å². The topological polar surface area (TPSA) is 20.2 Å². The van der Waals surface area contributed by atoms with Gasteiger partial charge in [0.15, 0.2) is 5.60 Å². The van der Waals surface area contributed by atoms with E-state index in [0.29, 0.717) is 12.3 Å². The largest absolute Gasteiger partial charge is 0.417 e. The van der Waals surface area contributed by atoms with Crippen LogP contribution in [0.25, 0.3) is 0 Å². The predicted octanol–water partition coefficient (Wildman–Crippen LogP) is 3.76. The molecule has 0 radical (unpaired) electrons. The van der Waals surface area contributed by atoms with Crippen molar-refractivity contribution in [1.82, 2.24) is 0 Å². The van der Waals surface area contributed by atoms with Gasteiger partial charge >= 0.3 is 6.18 Å². The Kier molecular flexibility index (Phi) is 3.93. The lowest BCUT2D eigenvalue weighted by atomic mass is 9.77. The van der Waals surface area contributed by atoms with E-state index < -0.39 is 17.7 Å². The number of alkyl halides is 3. The van der Waals surface area contributed by atoms with Crippen molar-refractivity contribution in [2.75, 3.05) is 0 Å². The van der Waals surface area contributed by atoms with Crippen LogP contribution in [-0.2, 0) is 0 Å². The summed E-state index contributed by atoms with van der Waals surface area (Å²) in [4.78, 5) is 0. The Hall–Kier alpha value is -0.250. The van der Waals surface area contributed by atoms with Crippen LogP contribution < -0.4 is 0 Å². The molecule has 0 spiro atoms. The second-order valence-electron chi connectivity index (χ2n) is 4.93. The van der Waals surface area contributed by atoms with Crippen LogP contribution in [-0.4, -0.2) is 16.9 Å². The van der Waals surface area contributed by atoms with Crippen LogP contribution in [0.3, 0.4) is 0 Å². The third-order valence-corrected chi connectivity index (χ3v) is 4.03. The molecular weight excluding hydrogens is 217 g/mol. The smallest absolute Gasteiger partial charge is 0.380 e. The third kappa shape index (κ3) is 2.22. The molecule has 4 heteroatoms. The summed E-state index contributed by atoms with van der Waals surface area (Å²) in [6.07, 6.45) is -1.13. The van der Waals surface area contributed by atoms with Crippen LogP contribution >= 0.6 is 0 Å². The quantitative estimate of drug-likeness (QED) is 0.737. The van der Waals surface area contributed by atoms with Gasteiger partial charge in [-0.15, -0.1) is 0 Å². The van der Waals surface area contributed by atoms with Crippen molar-refractivity contribution in [3.8, 4) is 0 Å². The minimum absolute atomic E-state index is 0.0941. The lowest BCUT2D eigenvalue weighted by Gasteiger charge is -2.37. The lowest BCUT2D eigenvalue weighted by molar-refractivity contribution is -0.277. The maximum atomic E-state index is 12.6. The van der Waals surface area contributed by atoms with Crippen molar-refractivity contribution in [1.29, 1.82) is 0 Å². The number of rotatable bonds is 1. The molecule has 0 aromatic heterocycles. The standard InChI is InChI=1S/C10H15F3O.C2H6/c1-9(14,10(11,12)13)8-5-6-2-3-7(8)4-6;1-2/h6-8,14H,2-5H2,1H3;1-2H3. The molecule has 4 unspecified atom stereocenters. The average molecular weight is 238 g/mol. The number of fused-ring (bicyclic) bond motifs is 2. The summed E-state index contributed by atoms with van der Waals surface area (Å²) in [6, 6.07) is 0. The first-order valence-electron chi connectivity index (χ1n) is 6.11. The molecular formula is C12H21F3O. The van der Waals surface area contributed by atoms with Crippen LogP contribution in [0.15, 0.2) is 0 Å². The first-order valence-corrected chi connectivity index (χ1v) is 6.11. The van der Waals surface area contributed by atoms with Gasteiger partial charge in [-0.05, 0) is 43.9 Å².